The fourth-order valence-corrected chi connectivity index (χ4v) is 0.360. The first kappa shape index (κ1) is 4.06. The topological polar surface area (TPSA) is 12.0 Å². The summed E-state index contributed by atoms with van der Waals surface area (Å²) in [7, 11) is 1.65. The first-order valence-electron chi connectivity index (χ1n) is 2.15. The van der Waals surface area contributed by atoms with Crippen LogP contribution in [0.2, 0.25) is 0 Å². The minimum absolute atomic E-state index is 0.698. The number of hydrogen-bond donors (Lipinski definition) is 1. The molecule has 0 aliphatic heterocycles. The summed E-state index contributed by atoms with van der Waals surface area (Å²) in [5, 5.41) is 2.55. The van der Waals surface area contributed by atoms with Crippen LogP contribution in [0.3, 0.4) is 0 Å². The molecule has 0 aromatic rings. The van der Waals surface area contributed by atoms with Gasteiger partial charge in [0, 0.05) is 0 Å². The van der Waals surface area contributed by atoms with Gasteiger partial charge in [-0.2, -0.15) is 0 Å². The van der Waals surface area contributed by atoms with Gasteiger partial charge in [0.05, 0.1) is 0 Å². The van der Waals surface area contributed by atoms with Crippen molar-refractivity contribution in [3.05, 3.63) is 0 Å². The lowest BCUT2D eigenvalue weighted by Crippen LogP contribution is -2.20. The largest absolute Gasteiger partial charge is 0.288 e. The van der Waals surface area contributed by atoms with Crippen LogP contribution in [0.25, 0.3) is 0 Å². The van der Waals surface area contributed by atoms with Gasteiger partial charge < -0.3 is 0 Å². The van der Waals surface area contributed by atoms with Gasteiger partial charge in [-0.3, -0.25) is 5.32 Å². The number of nitrogens with one attached hydrogen (secondary N) is 1. The van der Waals surface area contributed by atoms with Gasteiger partial charge in [-0.15, -0.1) is 0 Å². The van der Waals surface area contributed by atoms with Gasteiger partial charge in [-0.25, -0.2) is 4.39 Å². The Kier molecular flexibility index (Phi) is 0.634. The lowest BCUT2D eigenvalue weighted by molar-refractivity contribution is 0.265. The van der Waals surface area contributed by atoms with Crippen LogP contribution >= 0.6 is 0 Å². The van der Waals surface area contributed by atoms with Crippen LogP contribution in [0.4, 0.5) is 4.39 Å². The molecule has 1 saturated carbocycles. The van der Waals surface area contributed by atoms with Crippen molar-refractivity contribution in [1.82, 2.24) is 5.32 Å². The van der Waals surface area contributed by atoms with Crippen LogP contribution in [-0.2, 0) is 0 Å². The van der Waals surface area contributed by atoms with E-state index in [0.29, 0.717) is 12.8 Å². The van der Waals surface area contributed by atoms with Gasteiger partial charge in [0.1, 0.15) is 0 Å². The molecule has 1 fully saturated rings. The van der Waals surface area contributed by atoms with E-state index in [1.807, 2.05) is 0 Å². The molecule has 1 rings (SSSR count). The number of alkyl halides is 1. The van der Waals surface area contributed by atoms with Gasteiger partial charge in [-0.1, -0.05) is 0 Å². The summed E-state index contributed by atoms with van der Waals surface area (Å²) in [5.41, 5.74) is 0. The molecular weight excluding hydrogens is 81.0 g/mol. The van der Waals surface area contributed by atoms with Gasteiger partial charge in [-0.05, 0) is 19.9 Å². The molecule has 0 spiro atoms. The molecule has 0 unspecified atom stereocenters. The van der Waals surface area contributed by atoms with E-state index < -0.39 is 5.79 Å². The normalized spacial score (nSPS) is 27.0. The Morgan fingerprint density at radius 1 is 1.67 bits per heavy atom. The van der Waals surface area contributed by atoms with Crippen molar-refractivity contribution in [2.45, 2.75) is 18.6 Å². The van der Waals surface area contributed by atoms with E-state index >= 15 is 0 Å². The predicted octanol–water partition coefficient (Wildman–Crippen LogP) is 0.665. The number of rotatable bonds is 1. The van der Waals surface area contributed by atoms with Crippen LogP contribution in [0.15, 0.2) is 0 Å². The first-order valence-corrected chi connectivity index (χ1v) is 2.15. The fourth-order valence-electron chi connectivity index (χ4n) is 0.360. The Morgan fingerprint density at radius 3 is 2.17 bits per heavy atom. The van der Waals surface area contributed by atoms with Crippen molar-refractivity contribution in [1.29, 1.82) is 0 Å². The summed E-state index contributed by atoms with van der Waals surface area (Å²) in [5.74, 6) is -0.958. The van der Waals surface area contributed by atoms with Crippen LogP contribution in [0, 0.1) is 0 Å². The summed E-state index contributed by atoms with van der Waals surface area (Å²) in [6, 6.07) is 0. The maximum atomic E-state index is 12.1. The van der Waals surface area contributed by atoms with Gasteiger partial charge in [0.2, 0.25) is 0 Å². The Morgan fingerprint density at radius 2 is 2.17 bits per heavy atom. The third kappa shape index (κ3) is 0.522. The molecule has 1 N–H and O–H groups in total. The highest BCUT2D eigenvalue weighted by atomic mass is 19.1. The number of halogens is 1. The Balaban J connectivity index is 2.28. The zero-order chi connectivity index (χ0) is 4.62. The SMILES string of the molecule is CNC1(F)CC1. The molecule has 1 nitrogen and oxygen atoms in total. The second-order valence-electron chi connectivity index (χ2n) is 1.72. The molecule has 6 heavy (non-hydrogen) atoms. The molecular formula is C4H8FN. The zero-order valence-corrected chi connectivity index (χ0v) is 3.79. The van der Waals surface area contributed by atoms with E-state index in [4.69, 9.17) is 0 Å². The second kappa shape index (κ2) is 0.936. The highest BCUT2D eigenvalue weighted by molar-refractivity contribution is 4.89. The van der Waals surface area contributed by atoms with Crippen LogP contribution in [0.1, 0.15) is 12.8 Å². The average molecular weight is 89.1 g/mol. The van der Waals surface area contributed by atoms with Crippen molar-refractivity contribution >= 4 is 0 Å². The molecule has 0 bridgehead atoms. The van der Waals surface area contributed by atoms with Gasteiger partial charge >= 0.3 is 0 Å². The van der Waals surface area contributed by atoms with Crippen molar-refractivity contribution in [3.63, 3.8) is 0 Å². The molecule has 0 aromatic heterocycles. The third-order valence-corrected chi connectivity index (χ3v) is 1.14. The quantitative estimate of drug-likeness (QED) is 0.465. The van der Waals surface area contributed by atoms with E-state index in [1.165, 1.54) is 0 Å². The van der Waals surface area contributed by atoms with Crippen molar-refractivity contribution in [3.8, 4) is 0 Å². The maximum Gasteiger partial charge on any atom is 0.161 e. The highest BCUT2D eigenvalue weighted by Gasteiger charge is 2.41. The Hall–Kier alpha value is -0.110. The van der Waals surface area contributed by atoms with Gasteiger partial charge in [0.15, 0.2) is 5.79 Å². The number of hydrogen-bond acceptors (Lipinski definition) is 1. The molecule has 1 aliphatic carbocycles. The second-order valence-corrected chi connectivity index (χ2v) is 1.72. The minimum atomic E-state index is -0.958. The lowest BCUT2D eigenvalue weighted by atomic mass is 10.7. The standard InChI is InChI=1S/C4H8FN/c1-6-4(5)2-3-4/h6H,2-3H2,1H3. The van der Waals surface area contributed by atoms with E-state index in [0.717, 1.165) is 0 Å². The smallest absolute Gasteiger partial charge is 0.161 e. The summed E-state index contributed by atoms with van der Waals surface area (Å²) in [4.78, 5) is 0. The fraction of sp³-hybridized carbons (Fsp3) is 1.00. The molecule has 0 saturated heterocycles. The van der Waals surface area contributed by atoms with Gasteiger partial charge in [0.25, 0.3) is 0 Å². The maximum absolute atomic E-state index is 12.1. The van der Waals surface area contributed by atoms with Crippen molar-refractivity contribution in [2.24, 2.45) is 0 Å². The van der Waals surface area contributed by atoms with E-state index in [2.05, 4.69) is 5.32 Å². The molecule has 0 amide bonds. The molecule has 36 valence electrons. The Labute approximate surface area is 36.5 Å². The van der Waals surface area contributed by atoms with Crippen LogP contribution in [0.5, 0.6) is 0 Å². The average Bonchev–Trinajstić information content (AvgIpc) is 2.22. The van der Waals surface area contributed by atoms with E-state index in [1.54, 1.807) is 7.05 Å². The molecule has 0 radical (unpaired) electrons. The summed E-state index contributed by atoms with van der Waals surface area (Å²) in [6.07, 6.45) is 1.40. The van der Waals surface area contributed by atoms with Crippen molar-refractivity contribution < 1.29 is 4.39 Å². The van der Waals surface area contributed by atoms with Crippen LogP contribution < -0.4 is 5.32 Å². The van der Waals surface area contributed by atoms with Crippen molar-refractivity contribution in [2.75, 3.05) is 7.05 Å². The molecule has 0 aromatic carbocycles. The monoisotopic (exact) mass is 89.1 g/mol. The predicted molar refractivity (Wildman–Crippen MR) is 22.1 cm³/mol. The van der Waals surface area contributed by atoms with Crippen LogP contribution in [-0.4, -0.2) is 12.8 Å². The Bertz CT molecular complexity index is 58.6. The molecule has 0 atom stereocenters. The first-order chi connectivity index (χ1) is 2.77. The summed E-state index contributed by atoms with van der Waals surface area (Å²) >= 11 is 0. The lowest BCUT2D eigenvalue weighted by Gasteiger charge is -1.96. The molecule has 2 heteroatoms. The van der Waals surface area contributed by atoms with E-state index in [-0.39, 0.29) is 0 Å². The third-order valence-electron chi connectivity index (χ3n) is 1.14. The summed E-state index contributed by atoms with van der Waals surface area (Å²) < 4.78 is 12.1. The summed E-state index contributed by atoms with van der Waals surface area (Å²) in [6.45, 7) is 0. The molecule has 1 aliphatic rings. The van der Waals surface area contributed by atoms with E-state index in [9.17, 15) is 4.39 Å². The molecule has 0 heterocycles. The minimum Gasteiger partial charge on any atom is -0.288 e. The highest BCUT2D eigenvalue weighted by Crippen LogP contribution is 2.35. The zero-order valence-electron chi connectivity index (χ0n) is 3.79.